The van der Waals surface area contributed by atoms with Crippen LogP contribution in [-0.2, 0) is 75.8 Å². The molecule has 0 bridgehead atoms. The van der Waals surface area contributed by atoms with Crippen LogP contribution in [0.3, 0.4) is 0 Å². The second kappa shape index (κ2) is 46.7. The molecule has 1 unspecified atom stereocenters. The van der Waals surface area contributed by atoms with E-state index in [9.17, 15) is 8.42 Å². The summed E-state index contributed by atoms with van der Waals surface area (Å²) in [4.78, 5) is 0. The molecule has 0 N–H and O–H groups in total. The van der Waals surface area contributed by atoms with Crippen molar-refractivity contribution >= 4 is 10.1 Å². The summed E-state index contributed by atoms with van der Waals surface area (Å²) < 4.78 is 72.7. The van der Waals surface area contributed by atoms with Crippen molar-refractivity contribution in [1.29, 1.82) is 0 Å². The van der Waals surface area contributed by atoms with Gasteiger partial charge in [0.1, 0.15) is 0 Å². The standard InChI is InChI=1S/C13H20O3S.6CO.2Co/c1-4-11(2)10-13(16-17(3,14)15)12-8-6-5-7-9-12;6*1-2;;/h1,12-13H,2,5-10H2,3H3;;;;;;;;. The molecule has 0 aromatic heterocycles. The minimum absolute atomic E-state index is 0. The van der Waals surface area contributed by atoms with Gasteiger partial charge in [0.2, 0.25) is 0 Å². The molecule has 1 fully saturated rings. The summed E-state index contributed by atoms with van der Waals surface area (Å²) in [6.07, 6.45) is 12.0. The third kappa shape index (κ3) is 43.4. The Morgan fingerprint density at radius 3 is 1.52 bits per heavy atom. The van der Waals surface area contributed by atoms with E-state index < -0.39 is 10.1 Å². The van der Waals surface area contributed by atoms with Crippen molar-refractivity contribution < 1.29 is 74.1 Å². The SMILES string of the molecule is C#CC(=C)CC(OS(C)(=O)=O)C1CCCCC1.[C-]#[O+].[C-]#[O+].[C-]#[O+].[C-]#[O+].[C-]#[O+].[C-]#[O+].[Co].[Co]. The molecule has 0 saturated heterocycles. The number of rotatable bonds is 5. The first kappa shape index (κ1) is 51.9. The molecule has 1 aliphatic carbocycles. The monoisotopic (exact) mass is 542 g/mol. The third-order valence-corrected chi connectivity index (χ3v) is 3.72. The largest absolute Gasteiger partial charge is 0 e. The molecule has 0 aromatic rings. The minimum Gasteiger partial charge on any atom is 0 e. The van der Waals surface area contributed by atoms with E-state index >= 15 is 0 Å². The van der Waals surface area contributed by atoms with Crippen molar-refractivity contribution in [3.63, 3.8) is 0 Å². The van der Waals surface area contributed by atoms with Crippen molar-refractivity contribution in [3.8, 4) is 12.3 Å². The average Bonchev–Trinajstić information content (AvgIpc) is 2.81. The zero-order valence-corrected chi connectivity index (χ0v) is 19.3. The number of terminal acetylenes is 1. The van der Waals surface area contributed by atoms with Gasteiger partial charge < -0.3 is 0 Å². The zero-order valence-electron chi connectivity index (χ0n) is 16.4. The van der Waals surface area contributed by atoms with Gasteiger partial charge >= 0.3 is 67.8 Å². The van der Waals surface area contributed by atoms with E-state index in [-0.39, 0.29) is 45.6 Å². The van der Waals surface area contributed by atoms with Crippen molar-refractivity contribution in [2.75, 3.05) is 6.26 Å². The Morgan fingerprint density at radius 2 is 1.26 bits per heavy atom. The summed E-state index contributed by atoms with van der Waals surface area (Å²) in [6, 6.07) is 0. The molecule has 31 heavy (non-hydrogen) atoms. The summed E-state index contributed by atoms with van der Waals surface area (Å²) in [7, 11) is -3.44. The predicted octanol–water partition coefficient (Wildman–Crippen LogP) is 2.26. The quantitative estimate of drug-likeness (QED) is 0.226. The fourth-order valence-electron chi connectivity index (χ4n) is 2.31. The van der Waals surface area contributed by atoms with Crippen LogP contribution in [0.1, 0.15) is 38.5 Å². The molecule has 0 aromatic carbocycles. The summed E-state index contributed by atoms with van der Waals surface area (Å²) in [5.74, 6) is 2.73. The van der Waals surface area contributed by atoms with Crippen molar-refractivity contribution in [2.45, 2.75) is 44.6 Å². The second-order valence-corrected chi connectivity index (χ2v) is 6.29. The molecule has 0 amide bonds. The average molecular weight is 542 g/mol. The van der Waals surface area contributed by atoms with Crippen molar-refractivity contribution in [1.82, 2.24) is 0 Å². The van der Waals surface area contributed by atoms with Crippen LogP contribution in [0.2, 0.25) is 0 Å². The van der Waals surface area contributed by atoms with Crippen LogP contribution in [0.25, 0.3) is 0 Å². The molecule has 1 rings (SSSR count). The van der Waals surface area contributed by atoms with E-state index in [1.165, 1.54) is 6.42 Å². The van der Waals surface area contributed by atoms with Gasteiger partial charge in [-0.2, -0.15) is 8.42 Å². The Balaban J connectivity index is -0.0000000545. The molecule has 9 nitrogen and oxygen atoms in total. The second-order valence-electron chi connectivity index (χ2n) is 4.69. The van der Waals surface area contributed by atoms with Gasteiger partial charge in [0.25, 0.3) is 10.1 Å². The molecule has 1 atom stereocenters. The summed E-state index contributed by atoms with van der Waals surface area (Å²) in [5, 5.41) is 0. The topological polar surface area (TPSA) is 163 Å². The van der Waals surface area contributed by atoms with Crippen LogP contribution >= 0.6 is 0 Å². The molecule has 174 valence electrons. The normalized spacial score (nSPS) is 11.1. The molecule has 0 aliphatic heterocycles. The van der Waals surface area contributed by atoms with Crippen LogP contribution in [0.5, 0.6) is 0 Å². The van der Waals surface area contributed by atoms with E-state index in [1.54, 1.807) is 0 Å². The third-order valence-electron chi connectivity index (χ3n) is 3.13. The first-order chi connectivity index (χ1) is 13.9. The summed E-state index contributed by atoms with van der Waals surface area (Å²) >= 11 is 0. The van der Waals surface area contributed by atoms with Crippen LogP contribution in [-0.4, -0.2) is 20.8 Å². The van der Waals surface area contributed by atoms with Gasteiger partial charge in [-0.25, -0.2) is 0 Å². The zero-order chi connectivity index (χ0) is 24.9. The summed E-state index contributed by atoms with van der Waals surface area (Å²) in [6.45, 7) is 30.7. The Labute approximate surface area is 205 Å². The van der Waals surface area contributed by atoms with E-state index in [0.29, 0.717) is 12.0 Å². The van der Waals surface area contributed by atoms with Gasteiger partial charge in [0.15, 0.2) is 0 Å². The predicted molar refractivity (Wildman–Crippen MR) is 92.5 cm³/mol. The molecule has 0 spiro atoms. The molecule has 1 saturated carbocycles. The fraction of sp³-hybridized carbons (Fsp3) is 0.474. The van der Waals surface area contributed by atoms with Gasteiger partial charge in [-0.3, -0.25) is 4.18 Å². The van der Waals surface area contributed by atoms with Crippen LogP contribution in [0.4, 0.5) is 0 Å². The van der Waals surface area contributed by atoms with Crippen molar-refractivity contribution in [2.24, 2.45) is 5.92 Å². The number of hydrogen-bond acceptors (Lipinski definition) is 3. The molecule has 12 heteroatoms. The van der Waals surface area contributed by atoms with Gasteiger partial charge in [0, 0.05) is 40.0 Å². The van der Waals surface area contributed by atoms with E-state index in [1.807, 2.05) is 0 Å². The van der Waals surface area contributed by atoms with Crippen LogP contribution in [0, 0.1) is 58.2 Å². The van der Waals surface area contributed by atoms with Crippen molar-refractivity contribution in [3.05, 3.63) is 52.1 Å². The first-order valence-corrected chi connectivity index (χ1v) is 8.99. The van der Waals surface area contributed by atoms with Gasteiger partial charge in [0.05, 0.1) is 12.4 Å². The molecule has 0 heterocycles. The molecular weight excluding hydrogens is 522 g/mol. The van der Waals surface area contributed by atoms with Crippen LogP contribution < -0.4 is 0 Å². The van der Waals surface area contributed by atoms with E-state index in [0.717, 1.165) is 31.9 Å². The van der Waals surface area contributed by atoms with Gasteiger partial charge in [-0.15, -0.1) is 6.42 Å². The minimum atomic E-state index is -3.44. The van der Waals surface area contributed by atoms with Crippen LogP contribution in [0.15, 0.2) is 12.2 Å². The van der Waals surface area contributed by atoms with Gasteiger partial charge in [-0.1, -0.05) is 31.8 Å². The molecule has 1 aliphatic rings. The molecule has 2 radical (unpaired) electrons. The summed E-state index contributed by atoms with van der Waals surface area (Å²) in [5.41, 5.74) is 0.601. The maximum atomic E-state index is 11.3. The molecular formula is C19H20Co2O9S. The Hall–Kier alpha value is -1.34. The van der Waals surface area contributed by atoms with E-state index in [4.69, 9.17) is 38.5 Å². The first-order valence-electron chi connectivity index (χ1n) is 7.17. The number of hydrogen-bond donors (Lipinski definition) is 0. The maximum Gasteiger partial charge on any atom is 0 e. The Morgan fingerprint density at radius 1 is 0.935 bits per heavy atom. The maximum absolute atomic E-state index is 11.3. The fourth-order valence-corrected chi connectivity index (χ4v) is 2.99. The Bertz CT molecular complexity index is 601. The Kier molecular flexibility index (Phi) is 78.3. The van der Waals surface area contributed by atoms with Gasteiger partial charge in [-0.05, 0) is 24.3 Å². The van der Waals surface area contributed by atoms with E-state index in [2.05, 4.69) is 52.4 Å². The smallest absolute Gasteiger partial charge is 0 e.